The number of hydrogen-bond acceptors (Lipinski definition) is 3. The second kappa shape index (κ2) is 5.42. The topological polar surface area (TPSA) is 40.9 Å². The molecule has 0 N–H and O–H groups in total. The fourth-order valence-corrected chi connectivity index (χ4v) is 2.78. The predicted octanol–water partition coefficient (Wildman–Crippen LogP) is 4.14. The number of thiophene rings is 1. The molecule has 0 aliphatic carbocycles. The lowest BCUT2D eigenvalue weighted by molar-refractivity contribution is 0.0978. The monoisotopic (exact) mass is 323 g/mol. The van der Waals surface area contributed by atoms with Gasteiger partial charge in [-0.05, 0) is 39.5 Å². The maximum Gasteiger partial charge on any atom is 0.186 e. The van der Waals surface area contributed by atoms with Gasteiger partial charge in [-0.2, -0.15) is 5.26 Å². The Balaban J connectivity index is 2.42. The van der Waals surface area contributed by atoms with Crippen molar-refractivity contribution in [2.45, 2.75) is 5.92 Å². The van der Waals surface area contributed by atoms with Crippen molar-refractivity contribution in [1.82, 2.24) is 0 Å². The molecule has 0 bridgehead atoms. The Kier molecular flexibility index (Phi) is 3.90. The SMILES string of the molecule is N#CC(C(=O)c1cccc(F)c1Br)c1cccs1. The number of rotatable bonds is 3. The Bertz CT molecular complexity index is 618. The second-order valence-corrected chi connectivity index (χ2v) is 5.32. The van der Waals surface area contributed by atoms with Gasteiger partial charge in [0.05, 0.1) is 10.5 Å². The third-order valence-electron chi connectivity index (χ3n) is 2.44. The zero-order valence-electron chi connectivity index (χ0n) is 9.06. The molecule has 0 amide bonds. The summed E-state index contributed by atoms with van der Waals surface area (Å²) in [4.78, 5) is 12.9. The average molecular weight is 324 g/mol. The lowest BCUT2D eigenvalue weighted by Gasteiger charge is -2.08. The molecule has 5 heteroatoms. The molecule has 1 atom stereocenters. The maximum absolute atomic E-state index is 13.4. The molecule has 1 aromatic heterocycles. The summed E-state index contributed by atoms with van der Waals surface area (Å²) in [6.45, 7) is 0. The first kappa shape index (κ1) is 12.9. The molecule has 2 rings (SSSR count). The van der Waals surface area contributed by atoms with Gasteiger partial charge in [-0.1, -0.05) is 12.1 Å². The van der Waals surface area contributed by atoms with Gasteiger partial charge >= 0.3 is 0 Å². The van der Waals surface area contributed by atoms with Crippen LogP contribution in [0.1, 0.15) is 21.2 Å². The summed E-state index contributed by atoms with van der Waals surface area (Å²) in [6.07, 6.45) is 0. The molecular weight excluding hydrogens is 317 g/mol. The number of hydrogen-bond donors (Lipinski definition) is 0. The van der Waals surface area contributed by atoms with Crippen molar-refractivity contribution in [1.29, 1.82) is 5.26 Å². The van der Waals surface area contributed by atoms with Gasteiger partial charge in [-0.25, -0.2) is 4.39 Å². The van der Waals surface area contributed by atoms with Gasteiger partial charge in [-0.15, -0.1) is 11.3 Å². The molecule has 18 heavy (non-hydrogen) atoms. The zero-order chi connectivity index (χ0) is 13.1. The molecule has 0 aliphatic heterocycles. The van der Waals surface area contributed by atoms with Crippen molar-refractivity contribution in [3.63, 3.8) is 0 Å². The summed E-state index contributed by atoms with van der Waals surface area (Å²) in [5.74, 6) is -1.79. The molecule has 1 heterocycles. The minimum Gasteiger partial charge on any atom is -0.292 e. The minimum absolute atomic E-state index is 0.104. The highest BCUT2D eigenvalue weighted by molar-refractivity contribution is 9.10. The third-order valence-corrected chi connectivity index (χ3v) is 4.18. The highest BCUT2D eigenvalue weighted by Crippen LogP contribution is 2.29. The fourth-order valence-electron chi connectivity index (χ4n) is 1.56. The van der Waals surface area contributed by atoms with E-state index >= 15 is 0 Å². The van der Waals surface area contributed by atoms with Gasteiger partial charge in [-0.3, -0.25) is 4.79 Å². The van der Waals surface area contributed by atoms with E-state index in [9.17, 15) is 9.18 Å². The Labute approximate surface area is 116 Å². The molecule has 0 radical (unpaired) electrons. The fraction of sp³-hybridized carbons (Fsp3) is 0.0769. The zero-order valence-corrected chi connectivity index (χ0v) is 11.5. The Hall–Kier alpha value is -1.51. The number of halogens is 2. The largest absolute Gasteiger partial charge is 0.292 e. The average Bonchev–Trinajstić information content (AvgIpc) is 2.87. The first-order valence-corrected chi connectivity index (χ1v) is 6.73. The van der Waals surface area contributed by atoms with Crippen LogP contribution in [0.4, 0.5) is 4.39 Å². The van der Waals surface area contributed by atoms with Crippen molar-refractivity contribution in [2.75, 3.05) is 0 Å². The summed E-state index contributed by atoms with van der Waals surface area (Å²) in [6, 6.07) is 9.69. The van der Waals surface area contributed by atoms with E-state index in [1.807, 2.05) is 6.07 Å². The summed E-state index contributed by atoms with van der Waals surface area (Å²) in [7, 11) is 0. The van der Waals surface area contributed by atoms with Gasteiger partial charge in [0.25, 0.3) is 0 Å². The first-order chi connectivity index (χ1) is 8.65. The molecule has 90 valence electrons. The quantitative estimate of drug-likeness (QED) is 0.796. The number of carbonyl (C=O) groups is 1. The van der Waals surface area contributed by atoms with Gasteiger partial charge in [0.15, 0.2) is 5.78 Å². The van der Waals surface area contributed by atoms with Crippen molar-refractivity contribution in [3.8, 4) is 6.07 Å². The van der Waals surface area contributed by atoms with Crippen LogP contribution in [0.25, 0.3) is 0 Å². The van der Waals surface area contributed by atoms with Gasteiger partial charge in [0, 0.05) is 10.4 Å². The van der Waals surface area contributed by atoms with Crippen LogP contribution in [0.2, 0.25) is 0 Å². The lowest BCUT2D eigenvalue weighted by Crippen LogP contribution is -2.11. The number of carbonyl (C=O) groups excluding carboxylic acids is 1. The molecule has 0 saturated carbocycles. The van der Waals surface area contributed by atoms with Crippen LogP contribution in [-0.4, -0.2) is 5.78 Å². The minimum atomic E-state index is -0.886. The van der Waals surface area contributed by atoms with Crippen molar-refractivity contribution >= 4 is 33.0 Å². The molecular formula is C13H7BrFNOS. The van der Waals surface area contributed by atoms with Crippen LogP contribution in [0, 0.1) is 17.1 Å². The standard InChI is InChI=1S/C13H7BrFNOS/c14-12-8(3-1-4-10(12)15)13(17)9(7-16)11-5-2-6-18-11/h1-6,9H. The van der Waals surface area contributed by atoms with Crippen molar-refractivity contribution < 1.29 is 9.18 Å². The van der Waals surface area contributed by atoms with Gasteiger partial charge in [0.1, 0.15) is 11.7 Å². The highest BCUT2D eigenvalue weighted by Gasteiger charge is 2.25. The molecule has 0 aliphatic rings. The number of nitriles is 1. The molecule has 1 aromatic carbocycles. The van der Waals surface area contributed by atoms with Crippen LogP contribution in [0.15, 0.2) is 40.2 Å². The summed E-state index contributed by atoms with van der Waals surface area (Å²) in [5, 5.41) is 10.9. The molecule has 0 spiro atoms. The van der Waals surface area contributed by atoms with Gasteiger partial charge < -0.3 is 0 Å². The first-order valence-electron chi connectivity index (χ1n) is 5.06. The maximum atomic E-state index is 13.4. The Morgan fingerprint density at radius 1 is 1.39 bits per heavy atom. The van der Waals surface area contributed by atoms with Gasteiger partial charge in [0.2, 0.25) is 0 Å². The predicted molar refractivity (Wildman–Crippen MR) is 71.1 cm³/mol. The number of ketones is 1. The summed E-state index contributed by atoms with van der Waals surface area (Å²) in [5.41, 5.74) is 0.190. The van der Waals surface area contributed by atoms with E-state index in [2.05, 4.69) is 15.9 Å². The Morgan fingerprint density at radius 3 is 2.78 bits per heavy atom. The Morgan fingerprint density at radius 2 is 2.17 bits per heavy atom. The molecule has 2 nitrogen and oxygen atoms in total. The molecule has 1 unspecified atom stereocenters. The molecule has 0 saturated heterocycles. The lowest BCUT2D eigenvalue weighted by atomic mass is 9.97. The van der Waals surface area contributed by atoms with E-state index in [1.54, 1.807) is 17.5 Å². The summed E-state index contributed by atoms with van der Waals surface area (Å²) < 4.78 is 13.5. The number of nitrogens with zero attached hydrogens (tertiary/aromatic N) is 1. The van der Waals surface area contributed by atoms with E-state index in [-0.39, 0.29) is 10.0 Å². The number of Topliss-reactive ketones (excluding diaryl/α,β-unsaturated/α-hetero) is 1. The van der Waals surface area contributed by atoms with Crippen molar-refractivity contribution in [3.05, 3.63) is 56.4 Å². The van der Waals surface area contributed by atoms with Crippen LogP contribution in [-0.2, 0) is 0 Å². The van der Waals surface area contributed by atoms with E-state index in [4.69, 9.17) is 5.26 Å². The van der Waals surface area contributed by atoms with Crippen LogP contribution < -0.4 is 0 Å². The van der Waals surface area contributed by atoms with Crippen molar-refractivity contribution in [2.24, 2.45) is 0 Å². The third kappa shape index (κ3) is 2.35. The molecule has 2 aromatic rings. The van der Waals surface area contributed by atoms with Crippen LogP contribution in [0.5, 0.6) is 0 Å². The smallest absolute Gasteiger partial charge is 0.186 e. The van der Waals surface area contributed by atoms with E-state index in [0.29, 0.717) is 4.88 Å². The van der Waals surface area contributed by atoms with E-state index < -0.39 is 17.5 Å². The highest BCUT2D eigenvalue weighted by atomic mass is 79.9. The van der Waals surface area contributed by atoms with E-state index in [1.165, 1.54) is 29.5 Å². The second-order valence-electron chi connectivity index (χ2n) is 3.54. The molecule has 0 fully saturated rings. The number of benzene rings is 1. The van der Waals surface area contributed by atoms with E-state index in [0.717, 1.165) is 0 Å². The van der Waals surface area contributed by atoms with Crippen LogP contribution in [0.3, 0.4) is 0 Å². The normalized spacial score (nSPS) is 11.8. The summed E-state index contributed by atoms with van der Waals surface area (Å²) >= 11 is 4.38. The van der Waals surface area contributed by atoms with Crippen LogP contribution >= 0.6 is 27.3 Å².